The van der Waals surface area contributed by atoms with E-state index in [1.54, 1.807) is 0 Å². The van der Waals surface area contributed by atoms with E-state index in [-0.39, 0.29) is 39.3 Å². The number of nitrogens with one attached hydrogen (secondary N) is 1. The largest absolute Gasteiger partial charge is 0.466 e. The fourth-order valence-corrected chi connectivity index (χ4v) is 9.32. The molecule has 0 amide bonds. The number of carbonyl (C=O) groups excluding carboxylic acids is 1. The number of hydrogen-bond acceptors (Lipinski definition) is 5. The van der Waals surface area contributed by atoms with Crippen molar-refractivity contribution in [1.82, 2.24) is 4.90 Å². The van der Waals surface area contributed by atoms with Gasteiger partial charge in [0, 0.05) is 35.3 Å². The lowest BCUT2D eigenvalue weighted by atomic mass is 9.62. The molecule has 5 atom stereocenters. The van der Waals surface area contributed by atoms with E-state index in [1.165, 1.54) is 18.2 Å². The highest BCUT2D eigenvalue weighted by molar-refractivity contribution is 9.09. The molecule has 0 aromatic heterocycles. The molecule has 0 radical (unpaired) electrons. The number of carbonyl (C=O) groups is 1. The zero-order valence-corrected chi connectivity index (χ0v) is 27.7. The van der Waals surface area contributed by atoms with E-state index >= 15 is 0 Å². The molecule has 3 unspecified atom stereocenters. The van der Waals surface area contributed by atoms with E-state index in [9.17, 15) is 4.79 Å². The minimum absolute atomic E-state index is 0.0711. The lowest BCUT2D eigenvalue weighted by Gasteiger charge is -2.47. The molecule has 0 bridgehead atoms. The van der Waals surface area contributed by atoms with Gasteiger partial charge in [-0.15, -0.1) is 0 Å². The second kappa shape index (κ2) is 11.0. The van der Waals surface area contributed by atoms with Crippen molar-refractivity contribution in [2.75, 3.05) is 19.0 Å². The average molecular weight is 626 g/mol. The zero-order valence-electron chi connectivity index (χ0n) is 25.1. The normalized spacial score (nSPS) is 26.0. The first-order chi connectivity index (χ1) is 18.9. The molecule has 1 aliphatic carbocycles. The number of nitrogens with zero attached hydrogens (tertiary/aromatic N) is 1. The summed E-state index contributed by atoms with van der Waals surface area (Å²) in [6.07, 6.45) is 2.66. The van der Waals surface area contributed by atoms with Gasteiger partial charge in [-0.3, -0.25) is 4.90 Å². The zero-order chi connectivity index (χ0) is 28.9. The summed E-state index contributed by atoms with van der Waals surface area (Å²) in [4.78, 5) is 16.2. The van der Waals surface area contributed by atoms with Crippen molar-refractivity contribution < 1.29 is 14.0 Å². The van der Waals surface area contributed by atoms with Gasteiger partial charge in [0.25, 0.3) is 0 Å². The molecular formula is C33H45BrN2O3Si. The molecule has 5 rings (SSSR count). The molecule has 3 aliphatic rings. The Morgan fingerprint density at radius 3 is 2.50 bits per heavy atom. The Hall–Kier alpha value is -1.93. The maximum Gasteiger partial charge on any atom is 0.335 e. The third kappa shape index (κ3) is 5.12. The Kier molecular flexibility index (Phi) is 8.16. The number of rotatable bonds is 8. The first-order valence-corrected chi connectivity index (χ1v) is 18.5. The molecule has 2 heterocycles. The summed E-state index contributed by atoms with van der Waals surface area (Å²) in [6, 6.07) is 19.7. The quantitative estimate of drug-likeness (QED) is 0.186. The maximum absolute atomic E-state index is 13.3. The number of likely N-dealkylation sites (tertiary alicyclic amines) is 1. The molecule has 2 aliphatic heterocycles. The highest BCUT2D eigenvalue weighted by Crippen LogP contribution is 2.60. The van der Waals surface area contributed by atoms with Crippen LogP contribution in [0.25, 0.3) is 0 Å². The summed E-state index contributed by atoms with van der Waals surface area (Å²) in [5.41, 5.74) is 5.37. The number of benzene rings is 2. The molecule has 2 aromatic rings. The number of halogens is 1. The predicted octanol–water partition coefficient (Wildman–Crippen LogP) is 7.64. The van der Waals surface area contributed by atoms with Crippen molar-refractivity contribution in [2.45, 2.75) is 94.0 Å². The number of anilines is 1. The summed E-state index contributed by atoms with van der Waals surface area (Å²) in [5, 5.41) is 3.86. The van der Waals surface area contributed by atoms with E-state index in [0.29, 0.717) is 6.42 Å². The molecule has 1 fully saturated rings. The second-order valence-electron chi connectivity index (χ2n) is 13.4. The first kappa shape index (κ1) is 29.6. The average Bonchev–Trinajstić information content (AvgIpc) is 3.45. The van der Waals surface area contributed by atoms with Crippen LogP contribution in [0.15, 0.2) is 65.9 Å². The van der Waals surface area contributed by atoms with E-state index in [0.717, 1.165) is 42.9 Å². The van der Waals surface area contributed by atoms with Crippen molar-refractivity contribution in [3.05, 3.63) is 77.0 Å². The number of hydrogen-bond donors (Lipinski definition) is 1. The fourth-order valence-electron chi connectivity index (χ4n) is 7.08. The van der Waals surface area contributed by atoms with E-state index in [1.807, 2.05) is 0 Å². The Labute approximate surface area is 250 Å². The van der Waals surface area contributed by atoms with Crippen LogP contribution in [0.3, 0.4) is 0 Å². The topological polar surface area (TPSA) is 50.8 Å². The predicted molar refractivity (Wildman–Crippen MR) is 169 cm³/mol. The van der Waals surface area contributed by atoms with Crippen molar-refractivity contribution in [2.24, 2.45) is 5.92 Å². The maximum atomic E-state index is 13.3. The van der Waals surface area contributed by atoms with Gasteiger partial charge in [0.2, 0.25) is 0 Å². The van der Waals surface area contributed by atoms with Gasteiger partial charge < -0.3 is 14.5 Å². The molecule has 7 heteroatoms. The Balaban J connectivity index is 1.54. The molecule has 40 heavy (non-hydrogen) atoms. The van der Waals surface area contributed by atoms with Crippen LogP contribution < -0.4 is 5.32 Å². The van der Waals surface area contributed by atoms with Crippen molar-refractivity contribution in [3.8, 4) is 0 Å². The SMILES string of the molecule is COC(=O)C1=C2Nc3ccccc3[C@@]23CCN(Cc2ccccc2)[C@H]3C(CC(Br)C(C)O[Si](C)(C)C(C)(C)C)C1. The van der Waals surface area contributed by atoms with Crippen LogP contribution in [-0.2, 0) is 25.9 Å². The number of alkyl halides is 1. The van der Waals surface area contributed by atoms with E-state index < -0.39 is 8.32 Å². The van der Waals surface area contributed by atoms with Crippen LogP contribution in [0.1, 0.15) is 58.1 Å². The third-order valence-electron chi connectivity index (χ3n) is 10.0. The van der Waals surface area contributed by atoms with Crippen LogP contribution in [-0.4, -0.2) is 49.8 Å². The highest BCUT2D eigenvalue weighted by atomic mass is 79.9. The monoisotopic (exact) mass is 624 g/mol. The van der Waals surface area contributed by atoms with E-state index in [4.69, 9.17) is 9.16 Å². The van der Waals surface area contributed by atoms with Crippen LogP contribution >= 0.6 is 15.9 Å². The van der Waals surface area contributed by atoms with Crippen LogP contribution in [0.5, 0.6) is 0 Å². The van der Waals surface area contributed by atoms with Gasteiger partial charge in [-0.05, 0) is 67.4 Å². The lowest BCUT2D eigenvalue weighted by Crippen LogP contribution is -2.52. The number of para-hydroxylation sites is 1. The van der Waals surface area contributed by atoms with Crippen molar-refractivity contribution in [3.63, 3.8) is 0 Å². The smallest absolute Gasteiger partial charge is 0.335 e. The van der Waals surface area contributed by atoms with Gasteiger partial charge in [0.05, 0.1) is 24.2 Å². The molecule has 5 nitrogen and oxygen atoms in total. The number of fused-ring (bicyclic) bond motifs is 1. The summed E-state index contributed by atoms with van der Waals surface area (Å²) in [7, 11) is -0.424. The first-order valence-electron chi connectivity index (χ1n) is 14.7. The number of methoxy groups -OCH3 is 1. The van der Waals surface area contributed by atoms with Gasteiger partial charge in [0.1, 0.15) is 0 Å². The van der Waals surface area contributed by atoms with Crippen LogP contribution in [0, 0.1) is 5.92 Å². The summed E-state index contributed by atoms with van der Waals surface area (Å²) in [6.45, 7) is 15.6. The number of ether oxygens (including phenoxy) is 1. The van der Waals surface area contributed by atoms with Crippen molar-refractivity contribution >= 4 is 35.9 Å². The molecule has 1 spiro atoms. The van der Waals surface area contributed by atoms with E-state index in [2.05, 4.69) is 122 Å². The molecule has 1 saturated heterocycles. The Bertz CT molecular complexity index is 1270. The fraction of sp³-hybridized carbons (Fsp3) is 0.545. The van der Waals surface area contributed by atoms with Gasteiger partial charge in [-0.2, -0.15) is 0 Å². The van der Waals surface area contributed by atoms with Crippen LogP contribution in [0.2, 0.25) is 18.1 Å². The lowest BCUT2D eigenvalue weighted by molar-refractivity contribution is -0.136. The molecular weight excluding hydrogens is 580 g/mol. The third-order valence-corrected chi connectivity index (χ3v) is 15.7. The van der Waals surface area contributed by atoms with Gasteiger partial charge in [-0.1, -0.05) is 85.2 Å². The highest BCUT2D eigenvalue weighted by Gasteiger charge is 2.61. The number of esters is 1. The van der Waals surface area contributed by atoms with Gasteiger partial charge in [0.15, 0.2) is 8.32 Å². The molecule has 216 valence electrons. The van der Waals surface area contributed by atoms with Crippen molar-refractivity contribution in [1.29, 1.82) is 0 Å². The van der Waals surface area contributed by atoms with Crippen LogP contribution in [0.4, 0.5) is 5.69 Å². The summed E-state index contributed by atoms with van der Waals surface area (Å²) < 4.78 is 12.2. The van der Waals surface area contributed by atoms with Gasteiger partial charge in [-0.25, -0.2) is 4.79 Å². The Morgan fingerprint density at radius 1 is 1.15 bits per heavy atom. The summed E-state index contributed by atoms with van der Waals surface area (Å²) >= 11 is 4.09. The van der Waals surface area contributed by atoms with Gasteiger partial charge >= 0.3 is 5.97 Å². The summed E-state index contributed by atoms with van der Waals surface area (Å²) in [5.74, 6) is 0.0446. The minimum atomic E-state index is -1.93. The molecule has 1 N–H and O–H groups in total. The Morgan fingerprint density at radius 2 is 1.82 bits per heavy atom. The molecule has 2 aromatic carbocycles. The molecule has 0 saturated carbocycles. The standard InChI is InChI=1S/C33H45BrN2O3Si/c1-22(39-40(6,7)32(2,3)4)27(34)20-24-19-25(31(37)38-5)29-33(26-15-11-12-16-28(26)35-29)17-18-36(30(24)33)21-23-13-9-8-10-14-23/h8-16,22,24,27,30,35H,17-21H2,1-7H3/t22?,24?,27?,30-,33-/m0/s1. The minimum Gasteiger partial charge on any atom is -0.466 e. The second-order valence-corrected chi connectivity index (χ2v) is 19.4.